The number of hydrogen-bond donors (Lipinski definition) is 1. The zero-order valence-electron chi connectivity index (χ0n) is 14.1. The van der Waals surface area contributed by atoms with E-state index < -0.39 is 0 Å². The molecule has 2 aromatic rings. The number of benzene rings is 2. The van der Waals surface area contributed by atoms with E-state index in [4.69, 9.17) is 25.8 Å². The first kappa shape index (κ1) is 17.9. The molecule has 0 aliphatic heterocycles. The molecule has 2 rings (SSSR count). The molecule has 1 amide bonds. The van der Waals surface area contributed by atoms with Crippen molar-refractivity contribution in [3.05, 3.63) is 52.5 Å². The minimum Gasteiger partial charge on any atom is -0.493 e. The van der Waals surface area contributed by atoms with Crippen molar-refractivity contribution in [3.63, 3.8) is 0 Å². The lowest BCUT2D eigenvalue weighted by atomic mass is 10.1. The van der Waals surface area contributed by atoms with Gasteiger partial charge < -0.3 is 19.5 Å². The molecule has 1 unspecified atom stereocenters. The maximum atomic E-state index is 12.6. The Balaban J connectivity index is 2.27. The van der Waals surface area contributed by atoms with Gasteiger partial charge in [-0.2, -0.15) is 0 Å². The van der Waals surface area contributed by atoms with Gasteiger partial charge in [-0.1, -0.05) is 23.7 Å². The van der Waals surface area contributed by atoms with Crippen LogP contribution in [0.15, 0.2) is 36.4 Å². The molecule has 0 radical (unpaired) electrons. The monoisotopic (exact) mass is 349 g/mol. The SMILES string of the molecule is COc1ccc(C(=O)NC(C)c2ccc(Cl)cc2)c(OC)c1OC. The lowest BCUT2D eigenvalue weighted by molar-refractivity contribution is 0.0936. The highest BCUT2D eigenvalue weighted by molar-refractivity contribution is 6.30. The number of halogens is 1. The maximum Gasteiger partial charge on any atom is 0.255 e. The van der Waals surface area contributed by atoms with Crippen LogP contribution in [0, 0.1) is 0 Å². The van der Waals surface area contributed by atoms with E-state index in [-0.39, 0.29) is 11.9 Å². The zero-order valence-corrected chi connectivity index (χ0v) is 14.8. The molecule has 6 heteroatoms. The van der Waals surface area contributed by atoms with Gasteiger partial charge in [0.25, 0.3) is 5.91 Å². The van der Waals surface area contributed by atoms with Crippen LogP contribution in [-0.2, 0) is 0 Å². The van der Waals surface area contributed by atoms with E-state index in [0.29, 0.717) is 27.8 Å². The van der Waals surface area contributed by atoms with Gasteiger partial charge in [-0.25, -0.2) is 0 Å². The molecule has 2 aromatic carbocycles. The summed E-state index contributed by atoms with van der Waals surface area (Å²) in [5.41, 5.74) is 1.32. The zero-order chi connectivity index (χ0) is 17.7. The van der Waals surface area contributed by atoms with Gasteiger partial charge in [0.1, 0.15) is 0 Å². The molecule has 0 aliphatic rings. The number of hydrogen-bond acceptors (Lipinski definition) is 4. The highest BCUT2D eigenvalue weighted by Gasteiger charge is 2.21. The quantitative estimate of drug-likeness (QED) is 0.860. The minimum absolute atomic E-state index is 0.187. The first-order valence-corrected chi connectivity index (χ1v) is 7.74. The van der Waals surface area contributed by atoms with Crippen molar-refractivity contribution in [1.82, 2.24) is 5.32 Å². The predicted molar refractivity (Wildman–Crippen MR) is 93.4 cm³/mol. The van der Waals surface area contributed by atoms with Crippen LogP contribution in [0.25, 0.3) is 0 Å². The lowest BCUT2D eigenvalue weighted by Gasteiger charge is -2.18. The summed E-state index contributed by atoms with van der Waals surface area (Å²) in [6.45, 7) is 1.90. The van der Waals surface area contributed by atoms with E-state index in [1.165, 1.54) is 21.3 Å². The lowest BCUT2D eigenvalue weighted by Crippen LogP contribution is -2.27. The smallest absolute Gasteiger partial charge is 0.255 e. The minimum atomic E-state index is -0.268. The Bertz CT molecular complexity index is 716. The molecular formula is C18H20ClNO4. The predicted octanol–water partition coefficient (Wildman–Crippen LogP) is 3.86. The Hall–Kier alpha value is -2.40. The van der Waals surface area contributed by atoms with Crippen LogP contribution < -0.4 is 19.5 Å². The van der Waals surface area contributed by atoms with Gasteiger partial charge in [-0.05, 0) is 36.8 Å². The van der Waals surface area contributed by atoms with Crippen molar-refractivity contribution in [1.29, 1.82) is 0 Å². The van der Waals surface area contributed by atoms with Crippen LogP contribution in [0.2, 0.25) is 5.02 Å². The second-order valence-electron chi connectivity index (χ2n) is 5.13. The molecule has 1 atom stereocenters. The molecule has 0 saturated heterocycles. The van der Waals surface area contributed by atoms with Crippen molar-refractivity contribution in [2.24, 2.45) is 0 Å². The molecule has 0 fully saturated rings. The second kappa shape index (κ2) is 7.93. The first-order valence-electron chi connectivity index (χ1n) is 7.37. The van der Waals surface area contributed by atoms with Crippen LogP contribution >= 0.6 is 11.6 Å². The Kier molecular flexibility index (Phi) is 5.93. The third kappa shape index (κ3) is 3.74. The van der Waals surface area contributed by atoms with Crippen molar-refractivity contribution in [2.45, 2.75) is 13.0 Å². The van der Waals surface area contributed by atoms with Crippen molar-refractivity contribution in [2.75, 3.05) is 21.3 Å². The Morgan fingerprint density at radius 2 is 1.58 bits per heavy atom. The molecule has 0 saturated carbocycles. The van der Waals surface area contributed by atoms with E-state index >= 15 is 0 Å². The third-order valence-corrected chi connectivity index (χ3v) is 3.92. The average molecular weight is 350 g/mol. The molecule has 0 bridgehead atoms. The van der Waals surface area contributed by atoms with Gasteiger partial charge in [0.05, 0.1) is 32.9 Å². The van der Waals surface area contributed by atoms with Crippen molar-refractivity contribution < 1.29 is 19.0 Å². The van der Waals surface area contributed by atoms with Crippen LogP contribution in [0.5, 0.6) is 17.2 Å². The van der Waals surface area contributed by atoms with E-state index in [9.17, 15) is 4.79 Å². The standard InChI is InChI=1S/C18H20ClNO4/c1-11(12-5-7-13(19)8-6-12)20-18(21)14-9-10-15(22-2)17(24-4)16(14)23-3/h5-11H,1-4H3,(H,20,21). The fraction of sp³-hybridized carbons (Fsp3) is 0.278. The van der Waals surface area contributed by atoms with Crippen LogP contribution in [0.4, 0.5) is 0 Å². The summed E-state index contributed by atoms with van der Waals surface area (Å²) in [4.78, 5) is 12.6. The number of methoxy groups -OCH3 is 3. The van der Waals surface area contributed by atoms with Gasteiger partial charge in [-0.15, -0.1) is 0 Å². The number of amides is 1. The summed E-state index contributed by atoms with van der Waals surface area (Å²) in [6, 6.07) is 10.5. The molecule has 1 N–H and O–H groups in total. The fourth-order valence-electron chi connectivity index (χ4n) is 2.39. The largest absolute Gasteiger partial charge is 0.493 e. The summed E-state index contributed by atoms with van der Waals surface area (Å²) >= 11 is 5.89. The van der Waals surface area contributed by atoms with Gasteiger partial charge in [-0.3, -0.25) is 4.79 Å². The van der Waals surface area contributed by atoms with Crippen molar-refractivity contribution in [3.8, 4) is 17.2 Å². The molecule has 128 valence electrons. The van der Waals surface area contributed by atoms with Gasteiger partial charge >= 0.3 is 0 Å². The first-order chi connectivity index (χ1) is 11.5. The molecular weight excluding hydrogens is 330 g/mol. The van der Waals surface area contributed by atoms with Crippen LogP contribution in [-0.4, -0.2) is 27.2 Å². The Morgan fingerprint density at radius 3 is 2.12 bits per heavy atom. The Morgan fingerprint density at radius 1 is 0.958 bits per heavy atom. The average Bonchev–Trinajstić information content (AvgIpc) is 2.60. The van der Waals surface area contributed by atoms with Gasteiger partial charge in [0.2, 0.25) is 5.75 Å². The van der Waals surface area contributed by atoms with Crippen molar-refractivity contribution >= 4 is 17.5 Å². The van der Waals surface area contributed by atoms with Crippen LogP contribution in [0.3, 0.4) is 0 Å². The van der Waals surface area contributed by atoms with E-state index in [1.807, 2.05) is 19.1 Å². The summed E-state index contributed by atoms with van der Waals surface area (Å²) < 4.78 is 15.9. The normalized spacial score (nSPS) is 11.5. The number of carbonyl (C=O) groups is 1. The molecule has 0 spiro atoms. The van der Waals surface area contributed by atoms with E-state index in [2.05, 4.69) is 5.32 Å². The number of rotatable bonds is 6. The summed E-state index contributed by atoms with van der Waals surface area (Å²) in [5.74, 6) is 0.941. The second-order valence-corrected chi connectivity index (χ2v) is 5.57. The highest BCUT2D eigenvalue weighted by atomic mass is 35.5. The summed E-state index contributed by atoms with van der Waals surface area (Å²) in [7, 11) is 4.51. The third-order valence-electron chi connectivity index (χ3n) is 3.67. The van der Waals surface area contributed by atoms with E-state index in [1.54, 1.807) is 24.3 Å². The molecule has 24 heavy (non-hydrogen) atoms. The summed E-state index contributed by atoms with van der Waals surface area (Å²) in [5, 5.41) is 3.59. The molecule has 0 aromatic heterocycles. The molecule has 0 heterocycles. The van der Waals surface area contributed by atoms with Crippen LogP contribution in [0.1, 0.15) is 28.9 Å². The van der Waals surface area contributed by atoms with E-state index in [0.717, 1.165) is 5.56 Å². The van der Waals surface area contributed by atoms with Gasteiger partial charge in [0, 0.05) is 5.02 Å². The topological polar surface area (TPSA) is 56.8 Å². The highest BCUT2D eigenvalue weighted by Crippen LogP contribution is 2.39. The molecule has 0 aliphatic carbocycles. The van der Waals surface area contributed by atoms with Gasteiger partial charge in [0.15, 0.2) is 11.5 Å². The maximum absolute atomic E-state index is 12.6. The fourth-order valence-corrected chi connectivity index (χ4v) is 2.52. The number of ether oxygens (including phenoxy) is 3. The Labute approximate surface area is 146 Å². The number of nitrogens with one attached hydrogen (secondary N) is 1. The number of carbonyl (C=O) groups excluding carboxylic acids is 1. The molecule has 5 nitrogen and oxygen atoms in total. The summed E-state index contributed by atoms with van der Waals surface area (Å²) in [6.07, 6.45) is 0.